The molecule has 0 amide bonds. The number of benzene rings is 1. The van der Waals surface area contributed by atoms with Crippen molar-refractivity contribution in [2.75, 3.05) is 14.2 Å². The van der Waals surface area contributed by atoms with E-state index < -0.39 is 12.1 Å². The smallest absolute Gasteiger partial charge is 0.311 e. The van der Waals surface area contributed by atoms with E-state index >= 15 is 0 Å². The highest BCUT2D eigenvalue weighted by atomic mass is 79.9. The molecule has 0 bridgehead atoms. The third-order valence-electron chi connectivity index (χ3n) is 2.38. The summed E-state index contributed by atoms with van der Waals surface area (Å²) in [6, 6.07) is 5.25. The Kier molecular flexibility index (Phi) is 5.64. The Balaban J connectivity index is 2.90. The molecule has 0 saturated carbocycles. The zero-order valence-electron chi connectivity index (χ0n) is 10.9. The van der Waals surface area contributed by atoms with E-state index in [1.165, 1.54) is 21.1 Å². The molecule has 0 N–H and O–H groups in total. The molecule has 1 rings (SSSR count). The van der Waals surface area contributed by atoms with E-state index in [9.17, 15) is 4.79 Å². The molecule has 0 unspecified atom stereocenters. The molecule has 0 aromatic heterocycles. The summed E-state index contributed by atoms with van der Waals surface area (Å²) >= 11 is 3.35. The standard InChI is InChI=1S/C13H14BrNO4/c1-8(7-15)19-13(16)5-9-4-11(17-2)12(18-3)6-10(9)14/h4,6,8H,5H2,1-3H3/t8-/m0/s1. The number of carbonyl (C=O) groups is 1. The van der Waals surface area contributed by atoms with Crippen molar-refractivity contribution in [1.82, 2.24) is 0 Å². The maximum atomic E-state index is 11.6. The molecule has 0 aliphatic carbocycles. The van der Waals surface area contributed by atoms with Crippen LogP contribution >= 0.6 is 15.9 Å². The number of hydrogen-bond acceptors (Lipinski definition) is 5. The van der Waals surface area contributed by atoms with Gasteiger partial charge >= 0.3 is 5.97 Å². The molecule has 19 heavy (non-hydrogen) atoms. The fourth-order valence-electron chi connectivity index (χ4n) is 1.45. The summed E-state index contributed by atoms with van der Waals surface area (Å²) in [4.78, 5) is 11.6. The Morgan fingerprint density at radius 3 is 2.47 bits per heavy atom. The van der Waals surface area contributed by atoms with Gasteiger partial charge in [-0.05, 0) is 24.6 Å². The molecule has 0 aliphatic heterocycles. The molecule has 0 heterocycles. The van der Waals surface area contributed by atoms with E-state index in [2.05, 4.69) is 15.9 Å². The summed E-state index contributed by atoms with van der Waals surface area (Å²) in [5.74, 6) is 0.626. The molecule has 0 aliphatic rings. The monoisotopic (exact) mass is 327 g/mol. The van der Waals surface area contributed by atoms with Crippen LogP contribution in [0.5, 0.6) is 11.5 Å². The van der Waals surface area contributed by atoms with Gasteiger partial charge in [0.05, 0.1) is 20.6 Å². The van der Waals surface area contributed by atoms with Crippen LogP contribution in [0, 0.1) is 11.3 Å². The highest BCUT2D eigenvalue weighted by Crippen LogP contribution is 2.33. The molecular weight excluding hydrogens is 314 g/mol. The second-order valence-corrected chi connectivity index (χ2v) is 4.59. The molecule has 0 fully saturated rings. The molecule has 5 nitrogen and oxygen atoms in total. The van der Waals surface area contributed by atoms with Gasteiger partial charge in [-0.25, -0.2) is 0 Å². The van der Waals surface area contributed by atoms with E-state index in [0.29, 0.717) is 21.5 Å². The number of halogens is 1. The van der Waals surface area contributed by atoms with Gasteiger partial charge < -0.3 is 14.2 Å². The lowest BCUT2D eigenvalue weighted by molar-refractivity contribution is -0.145. The number of nitrogens with zero attached hydrogens (tertiary/aromatic N) is 1. The Morgan fingerprint density at radius 2 is 1.95 bits per heavy atom. The summed E-state index contributed by atoms with van der Waals surface area (Å²) in [7, 11) is 3.05. The van der Waals surface area contributed by atoms with Crippen molar-refractivity contribution in [2.24, 2.45) is 0 Å². The fourth-order valence-corrected chi connectivity index (χ4v) is 1.91. The topological polar surface area (TPSA) is 68.5 Å². The molecular formula is C13H14BrNO4. The molecule has 6 heteroatoms. The minimum atomic E-state index is -0.758. The molecule has 0 saturated heterocycles. The van der Waals surface area contributed by atoms with E-state index in [1.54, 1.807) is 12.1 Å². The summed E-state index contributed by atoms with van der Waals surface area (Å²) in [5.41, 5.74) is 0.702. The normalized spacial score (nSPS) is 11.3. The first kappa shape index (κ1) is 15.3. The van der Waals surface area contributed by atoms with Crippen LogP contribution in [-0.4, -0.2) is 26.3 Å². The van der Waals surface area contributed by atoms with Gasteiger partial charge in [-0.2, -0.15) is 5.26 Å². The number of hydrogen-bond donors (Lipinski definition) is 0. The van der Waals surface area contributed by atoms with Crippen molar-refractivity contribution in [3.8, 4) is 17.6 Å². The Bertz CT molecular complexity index is 510. The molecule has 0 radical (unpaired) electrons. The Hall–Kier alpha value is -1.74. The van der Waals surface area contributed by atoms with Gasteiger partial charge in [-0.1, -0.05) is 15.9 Å². The molecule has 1 aromatic carbocycles. The van der Waals surface area contributed by atoms with E-state index in [1.807, 2.05) is 6.07 Å². The van der Waals surface area contributed by atoms with Crippen LogP contribution in [0.2, 0.25) is 0 Å². The number of nitriles is 1. The van der Waals surface area contributed by atoms with Crippen LogP contribution in [0.15, 0.2) is 16.6 Å². The van der Waals surface area contributed by atoms with Crippen LogP contribution < -0.4 is 9.47 Å². The van der Waals surface area contributed by atoms with Gasteiger partial charge in [0, 0.05) is 4.47 Å². The van der Waals surface area contributed by atoms with Crippen molar-refractivity contribution < 1.29 is 19.0 Å². The van der Waals surface area contributed by atoms with Gasteiger partial charge in [0.25, 0.3) is 0 Å². The second kappa shape index (κ2) is 7.00. The Labute approximate surface area is 120 Å². The van der Waals surface area contributed by atoms with Gasteiger partial charge in [0.2, 0.25) is 0 Å². The van der Waals surface area contributed by atoms with Crippen LogP contribution in [0.4, 0.5) is 0 Å². The van der Waals surface area contributed by atoms with E-state index in [-0.39, 0.29) is 6.42 Å². The van der Waals surface area contributed by atoms with Crippen molar-refractivity contribution in [3.05, 3.63) is 22.2 Å². The van der Waals surface area contributed by atoms with Crippen molar-refractivity contribution in [3.63, 3.8) is 0 Å². The SMILES string of the molecule is COc1cc(Br)c(CC(=O)O[C@@H](C)C#N)cc1OC. The lowest BCUT2D eigenvalue weighted by atomic mass is 10.1. The largest absolute Gasteiger partial charge is 0.493 e. The Morgan fingerprint density at radius 1 is 1.37 bits per heavy atom. The number of carbonyl (C=O) groups excluding carboxylic acids is 1. The molecule has 102 valence electrons. The maximum Gasteiger partial charge on any atom is 0.311 e. The summed E-state index contributed by atoms with van der Waals surface area (Å²) in [6.07, 6.45) is -0.709. The number of rotatable bonds is 5. The van der Waals surface area contributed by atoms with Crippen molar-refractivity contribution >= 4 is 21.9 Å². The molecule has 0 spiro atoms. The summed E-state index contributed by atoms with van der Waals surface area (Å²) < 4.78 is 15.9. The molecule has 1 aromatic rings. The summed E-state index contributed by atoms with van der Waals surface area (Å²) in [6.45, 7) is 1.52. The first-order chi connectivity index (χ1) is 9.01. The van der Waals surface area contributed by atoms with Crippen LogP contribution in [-0.2, 0) is 16.0 Å². The predicted octanol–water partition coefficient (Wildman–Crippen LogP) is 2.46. The fraction of sp³-hybridized carbons (Fsp3) is 0.385. The highest BCUT2D eigenvalue weighted by molar-refractivity contribution is 9.10. The number of esters is 1. The minimum absolute atomic E-state index is 0.0486. The second-order valence-electron chi connectivity index (χ2n) is 3.74. The van der Waals surface area contributed by atoms with Crippen LogP contribution in [0.25, 0.3) is 0 Å². The van der Waals surface area contributed by atoms with Gasteiger partial charge in [-0.3, -0.25) is 4.79 Å². The van der Waals surface area contributed by atoms with Crippen LogP contribution in [0.3, 0.4) is 0 Å². The lowest BCUT2D eigenvalue weighted by Crippen LogP contribution is -2.15. The van der Waals surface area contributed by atoms with E-state index in [4.69, 9.17) is 19.5 Å². The first-order valence-corrected chi connectivity index (χ1v) is 6.30. The quantitative estimate of drug-likeness (QED) is 0.777. The van der Waals surface area contributed by atoms with Gasteiger partial charge in [0.1, 0.15) is 6.07 Å². The average molecular weight is 328 g/mol. The van der Waals surface area contributed by atoms with Gasteiger partial charge in [-0.15, -0.1) is 0 Å². The predicted molar refractivity (Wildman–Crippen MR) is 72.1 cm³/mol. The van der Waals surface area contributed by atoms with E-state index in [0.717, 1.165) is 0 Å². The third-order valence-corrected chi connectivity index (χ3v) is 3.12. The maximum absolute atomic E-state index is 11.6. The lowest BCUT2D eigenvalue weighted by Gasteiger charge is -2.12. The van der Waals surface area contributed by atoms with Gasteiger partial charge in [0.15, 0.2) is 17.6 Å². The first-order valence-electron chi connectivity index (χ1n) is 5.51. The zero-order valence-corrected chi connectivity index (χ0v) is 12.5. The minimum Gasteiger partial charge on any atom is -0.493 e. The van der Waals surface area contributed by atoms with Crippen molar-refractivity contribution in [2.45, 2.75) is 19.4 Å². The highest BCUT2D eigenvalue weighted by Gasteiger charge is 2.15. The van der Waals surface area contributed by atoms with Crippen LogP contribution in [0.1, 0.15) is 12.5 Å². The van der Waals surface area contributed by atoms with Crippen molar-refractivity contribution in [1.29, 1.82) is 5.26 Å². The number of methoxy groups -OCH3 is 2. The third kappa shape index (κ3) is 4.14. The number of ether oxygens (including phenoxy) is 3. The summed E-state index contributed by atoms with van der Waals surface area (Å²) in [5, 5.41) is 8.58. The average Bonchev–Trinajstić information content (AvgIpc) is 2.40. The zero-order chi connectivity index (χ0) is 14.4. The molecule has 1 atom stereocenters.